The van der Waals surface area contributed by atoms with Gasteiger partial charge in [-0.3, -0.25) is 0 Å². The average Bonchev–Trinajstić information content (AvgIpc) is 2.66. The maximum Gasteiger partial charge on any atom is 0.208 e. The first-order valence-corrected chi connectivity index (χ1v) is 5.98. The van der Waals surface area contributed by atoms with Crippen molar-refractivity contribution in [3.63, 3.8) is 0 Å². The molecule has 3 nitrogen and oxygen atoms in total. The highest BCUT2D eigenvalue weighted by atomic mass is 19.1. The van der Waals surface area contributed by atoms with E-state index in [9.17, 15) is 4.39 Å². The molecule has 18 heavy (non-hydrogen) atoms. The van der Waals surface area contributed by atoms with E-state index in [4.69, 9.17) is 4.42 Å². The van der Waals surface area contributed by atoms with Gasteiger partial charge in [0.1, 0.15) is 11.6 Å². The number of nitrogens with one attached hydrogen (secondary N) is 1. The van der Waals surface area contributed by atoms with Gasteiger partial charge in [0, 0.05) is 6.04 Å². The van der Waals surface area contributed by atoms with Crippen molar-refractivity contribution >= 4 is 0 Å². The second-order valence-corrected chi connectivity index (χ2v) is 4.41. The standard InChI is InChI=1S/C14H17FN2O/c1-9-11(3)18-14(17-9)8-16-10(2)12-5-4-6-13(15)7-12/h4-7,10,16H,8H2,1-3H3/t10-/m0/s1. The Morgan fingerprint density at radius 3 is 2.78 bits per heavy atom. The molecule has 0 unspecified atom stereocenters. The van der Waals surface area contributed by atoms with Crippen molar-refractivity contribution in [2.45, 2.75) is 33.4 Å². The normalized spacial score (nSPS) is 12.7. The topological polar surface area (TPSA) is 38.1 Å². The molecule has 0 amide bonds. The first-order chi connectivity index (χ1) is 8.56. The Kier molecular flexibility index (Phi) is 3.77. The van der Waals surface area contributed by atoms with Crippen molar-refractivity contribution in [2.24, 2.45) is 0 Å². The predicted molar refractivity (Wildman–Crippen MR) is 67.6 cm³/mol. The minimum absolute atomic E-state index is 0.0493. The Balaban J connectivity index is 1.98. The van der Waals surface area contributed by atoms with Gasteiger partial charge in [-0.25, -0.2) is 9.37 Å². The molecule has 0 bridgehead atoms. The van der Waals surface area contributed by atoms with Crippen molar-refractivity contribution < 1.29 is 8.81 Å². The number of rotatable bonds is 4. The maximum absolute atomic E-state index is 13.1. The maximum atomic E-state index is 13.1. The van der Waals surface area contributed by atoms with Gasteiger partial charge in [-0.05, 0) is 38.5 Å². The zero-order chi connectivity index (χ0) is 13.1. The second kappa shape index (κ2) is 5.31. The zero-order valence-corrected chi connectivity index (χ0v) is 10.8. The highest BCUT2D eigenvalue weighted by molar-refractivity contribution is 5.19. The van der Waals surface area contributed by atoms with E-state index in [-0.39, 0.29) is 11.9 Å². The van der Waals surface area contributed by atoms with Gasteiger partial charge in [0.25, 0.3) is 0 Å². The summed E-state index contributed by atoms with van der Waals surface area (Å²) in [6.07, 6.45) is 0. The van der Waals surface area contributed by atoms with E-state index in [1.54, 1.807) is 6.07 Å². The highest BCUT2D eigenvalue weighted by Crippen LogP contribution is 2.15. The zero-order valence-electron chi connectivity index (χ0n) is 10.8. The van der Waals surface area contributed by atoms with Gasteiger partial charge in [0.05, 0.1) is 12.2 Å². The summed E-state index contributed by atoms with van der Waals surface area (Å²) < 4.78 is 18.6. The van der Waals surface area contributed by atoms with Gasteiger partial charge < -0.3 is 9.73 Å². The molecule has 0 saturated carbocycles. The van der Waals surface area contributed by atoms with Crippen molar-refractivity contribution in [3.8, 4) is 0 Å². The number of hydrogen-bond acceptors (Lipinski definition) is 3. The van der Waals surface area contributed by atoms with Crippen molar-refractivity contribution in [2.75, 3.05) is 0 Å². The van der Waals surface area contributed by atoms with Crippen molar-refractivity contribution in [1.29, 1.82) is 0 Å². The van der Waals surface area contributed by atoms with Crippen LogP contribution in [-0.4, -0.2) is 4.98 Å². The summed E-state index contributed by atoms with van der Waals surface area (Å²) in [5, 5.41) is 3.26. The second-order valence-electron chi connectivity index (χ2n) is 4.41. The molecule has 0 radical (unpaired) electrons. The summed E-state index contributed by atoms with van der Waals surface area (Å²) in [7, 11) is 0. The fourth-order valence-corrected chi connectivity index (χ4v) is 1.75. The lowest BCUT2D eigenvalue weighted by Gasteiger charge is -2.12. The van der Waals surface area contributed by atoms with E-state index in [1.165, 1.54) is 12.1 Å². The molecule has 96 valence electrons. The lowest BCUT2D eigenvalue weighted by Crippen LogP contribution is -2.18. The van der Waals surface area contributed by atoms with Crippen LogP contribution in [0.15, 0.2) is 28.7 Å². The fourth-order valence-electron chi connectivity index (χ4n) is 1.75. The van der Waals surface area contributed by atoms with Gasteiger partial charge in [-0.2, -0.15) is 0 Å². The van der Waals surface area contributed by atoms with E-state index in [0.29, 0.717) is 12.4 Å². The number of oxazole rings is 1. The Labute approximate surface area is 106 Å². The summed E-state index contributed by atoms with van der Waals surface area (Å²) in [6.45, 7) is 6.32. The number of halogens is 1. The van der Waals surface area contributed by atoms with E-state index in [1.807, 2.05) is 26.8 Å². The first kappa shape index (κ1) is 12.8. The summed E-state index contributed by atoms with van der Waals surface area (Å²) in [5.41, 5.74) is 1.82. The van der Waals surface area contributed by atoms with Crippen LogP contribution in [0.4, 0.5) is 4.39 Å². The number of nitrogens with zero attached hydrogens (tertiary/aromatic N) is 1. The van der Waals surface area contributed by atoms with Crippen LogP contribution in [0.1, 0.15) is 35.9 Å². The van der Waals surface area contributed by atoms with Crippen LogP contribution in [0.5, 0.6) is 0 Å². The van der Waals surface area contributed by atoms with Crippen LogP contribution in [0.3, 0.4) is 0 Å². The predicted octanol–water partition coefficient (Wildman–Crippen LogP) is 3.28. The van der Waals surface area contributed by atoms with Crippen LogP contribution < -0.4 is 5.32 Å². The Bertz CT molecular complexity index is 517. The third kappa shape index (κ3) is 2.96. The minimum atomic E-state index is -0.219. The quantitative estimate of drug-likeness (QED) is 0.902. The summed E-state index contributed by atoms with van der Waals surface area (Å²) in [6, 6.07) is 6.63. The minimum Gasteiger partial charge on any atom is -0.444 e. The molecule has 1 aromatic heterocycles. The molecule has 0 aliphatic carbocycles. The van der Waals surface area contributed by atoms with Crippen LogP contribution in [0.2, 0.25) is 0 Å². The fraction of sp³-hybridized carbons (Fsp3) is 0.357. The van der Waals surface area contributed by atoms with Gasteiger partial charge in [0.15, 0.2) is 0 Å². The lowest BCUT2D eigenvalue weighted by molar-refractivity contribution is 0.431. The first-order valence-electron chi connectivity index (χ1n) is 5.98. The third-order valence-corrected chi connectivity index (χ3v) is 2.98. The smallest absolute Gasteiger partial charge is 0.208 e. The molecular formula is C14H17FN2O. The summed E-state index contributed by atoms with van der Waals surface area (Å²) >= 11 is 0. The molecule has 0 fully saturated rings. The molecule has 0 aliphatic heterocycles. The highest BCUT2D eigenvalue weighted by Gasteiger charge is 2.09. The van der Waals surface area contributed by atoms with E-state index < -0.39 is 0 Å². The third-order valence-electron chi connectivity index (χ3n) is 2.98. The van der Waals surface area contributed by atoms with Gasteiger partial charge in [-0.15, -0.1) is 0 Å². The Morgan fingerprint density at radius 1 is 1.39 bits per heavy atom. The molecule has 1 N–H and O–H groups in total. The van der Waals surface area contributed by atoms with E-state index in [0.717, 1.165) is 17.0 Å². The number of hydrogen-bond donors (Lipinski definition) is 1. The molecule has 4 heteroatoms. The Hall–Kier alpha value is -1.68. The number of benzene rings is 1. The van der Waals surface area contributed by atoms with Crippen molar-refractivity contribution in [3.05, 3.63) is 53.0 Å². The number of aryl methyl sites for hydroxylation is 2. The Morgan fingerprint density at radius 2 is 2.17 bits per heavy atom. The van der Waals surface area contributed by atoms with Crippen LogP contribution in [-0.2, 0) is 6.54 Å². The molecular weight excluding hydrogens is 231 g/mol. The molecule has 1 aromatic carbocycles. The monoisotopic (exact) mass is 248 g/mol. The molecule has 2 rings (SSSR count). The molecule has 0 spiro atoms. The average molecular weight is 248 g/mol. The molecule has 0 aliphatic rings. The van der Waals surface area contributed by atoms with Crippen molar-refractivity contribution in [1.82, 2.24) is 10.3 Å². The molecule has 0 saturated heterocycles. The summed E-state index contributed by atoms with van der Waals surface area (Å²) in [4.78, 5) is 4.29. The number of aromatic nitrogens is 1. The van der Waals surface area contributed by atoms with E-state index in [2.05, 4.69) is 10.3 Å². The largest absolute Gasteiger partial charge is 0.444 e. The van der Waals surface area contributed by atoms with Gasteiger partial charge in [-0.1, -0.05) is 12.1 Å². The SMILES string of the molecule is Cc1nc(CN[C@@H](C)c2cccc(F)c2)oc1C. The molecule has 2 aromatic rings. The van der Waals surface area contributed by atoms with Gasteiger partial charge >= 0.3 is 0 Å². The molecule has 1 heterocycles. The van der Waals surface area contributed by atoms with E-state index >= 15 is 0 Å². The summed E-state index contributed by atoms with van der Waals surface area (Å²) in [5.74, 6) is 1.28. The van der Waals surface area contributed by atoms with Crippen LogP contribution in [0.25, 0.3) is 0 Å². The van der Waals surface area contributed by atoms with Gasteiger partial charge in [0.2, 0.25) is 5.89 Å². The van der Waals surface area contributed by atoms with Crippen LogP contribution in [0, 0.1) is 19.7 Å². The van der Waals surface area contributed by atoms with Crippen LogP contribution >= 0.6 is 0 Å². The lowest BCUT2D eigenvalue weighted by atomic mass is 10.1. The molecule has 1 atom stereocenters.